The van der Waals surface area contributed by atoms with Crippen LogP contribution in [0.3, 0.4) is 0 Å². The van der Waals surface area contributed by atoms with Gasteiger partial charge in [0, 0.05) is 39.3 Å². The second-order valence-corrected chi connectivity index (χ2v) is 9.05. The summed E-state index contributed by atoms with van der Waals surface area (Å²) in [7, 11) is 1.22. The number of fused-ring (bicyclic) bond motifs is 1. The molecule has 1 aromatic heterocycles. The number of carbonyl (C=O) groups is 3. The van der Waals surface area contributed by atoms with Crippen LogP contribution in [-0.4, -0.2) is 39.7 Å². The van der Waals surface area contributed by atoms with Gasteiger partial charge in [-0.3, -0.25) is 14.5 Å². The SMILES string of the molecule is COC(=O)[C@@H](C)N1C(=O)S/C(=C/c2cn(Cc3ccc(Cl)cc3Cl)c3ccccc23)C1=O. The number of esters is 1. The second kappa shape index (κ2) is 9.02. The van der Waals surface area contributed by atoms with E-state index in [2.05, 4.69) is 4.74 Å². The lowest BCUT2D eigenvalue weighted by Crippen LogP contribution is -2.42. The van der Waals surface area contributed by atoms with E-state index in [1.807, 2.05) is 41.1 Å². The monoisotopic (exact) mass is 488 g/mol. The predicted octanol–water partition coefficient (Wildman–Crippen LogP) is 5.59. The zero-order valence-electron chi connectivity index (χ0n) is 17.2. The van der Waals surface area contributed by atoms with Crippen molar-refractivity contribution in [2.75, 3.05) is 7.11 Å². The Kier molecular flexibility index (Phi) is 6.33. The third kappa shape index (κ3) is 4.16. The number of aromatic nitrogens is 1. The summed E-state index contributed by atoms with van der Waals surface area (Å²) >= 11 is 13.2. The van der Waals surface area contributed by atoms with E-state index in [0.29, 0.717) is 16.6 Å². The van der Waals surface area contributed by atoms with Crippen molar-refractivity contribution in [3.63, 3.8) is 0 Å². The van der Waals surface area contributed by atoms with Crippen molar-refractivity contribution in [1.82, 2.24) is 9.47 Å². The van der Waals surface area contributed by atoms with Gasteiger partial charge in [0.2, 0.25) is 0 Å². The number of hydrogen-bond donors (Lipinski definition) is 0. The lowest BCUT2D eigenvalue weighted by molar-refractivity contribution is -0.148. The van der Waals surface area contributed by atoms with Crippen LogP contribution < -0.4 is 0 Å². The number of benzene rings is 2. The highest BCUT2D eigenvalue weighted by molar-refractivity contribution is 8.18. The summed E-state index contributed by atoms with van der Waals surface area (Å²) in [4.78, 5) is 38.3. The van der Waals surface area contributed by atoms with E-state index in [1.54, 1.807) is 18.2 Å². The van der Waals surface area contributed by atoms with Gasteiger partial charge in [0.1, 0.15) is 6.04 Å². The fourth-order valence-electron chi connectivity index (χ4n) is 3.59. The van der Waals surface area contributed by atoms with Gasteiger partial charge in [-0.1, -0.05) is 47.5 Å². The molecule has 0 N–H and O–H groups in total. The first-order valence-corrected chi connectivity index (χ1v) is 11.2. The summed E-state index contributed by atoms with van der Waals surface area (Å²) in [6.07, 6.45) is 3.59. The van der Waals surface area contributed by atoms with Gasteiger partial charge in [-0.05, 0) is 48.5 Å². The van der Waals surface area contributed by atoms with E-state index in [9.17, 15) is 14.4 Å². The number of nitrogens with zero attached hydrogens (tertiary/aromatic N) is 2. The number of para-hydroxylation sites is 1. The van der Waals surface area contributed by atoms with Crippen LogP contribution in [0.25, 0.3) is 17.0 Å². The third-order valence-corrected chi connectivity index (χ3v) is 6.69. The molecule has 2 amide bonds. The molecule has 3 aromatic rings. The molecule has 6 nitrogen and oxygen atoms in total. The lowest BCUT2D eigenvalue weighted by atomic mass is 10.1. The summed E-state index contributed by atoms with van der Waals surface area (Å²) in [6.45, 7) is 1.97. The molecule has 0 radical (unpaired) electrons. The van der Waals surface area contributed by atoms with Crippen molar-refractivity contribution < 1.29 is 19.1 Å². The highest BCUT2D eigenvalue weighted by atomic mass is 35.5. The second-order valence-electron chi connectivity index (χ2n) is 7.22. The maximum Gasteiger partial charge on any atom is 0.328 e. The molecule has 2 aromatic carbocycles. The first kappa shape index (κ1) is 22.5. The zero-order chi connectivity index (χ0) is 23.0. The number of rotatable bonds is 5. The molecule has 0 bridgehead atoms. The van der Waals surface area contributed by atoms with Gasteiger partial charge in [-0.25, -0.2) is 4.79 Å². The Morgan fingerprint density at radius 3 is 2.66 bits per heavy atom. The number of methoxy groups -OCH3 is 1. The Morgan fingerprint density at radius 1 is 1.19 bits per heavy atom. The van der Waals surface area contributed by atoms with Crippen LogP contribution in [0.2, 0.25) is 10.0 Å². The Morgan fingerprint density at radius 2 is 1.94 bits per heavy atom. The lowest BCUT2D eigenvalue weighted by Gasteiger charge is -2.18. The first-order chi connectivity index (χ1) is 15.3. The van der Waals surface area contributed by atoms with E-state index in [4.69, 9.17) is 23.2 Å². The van der Waals surface area contributed by atoms with Crippen molar-refractivity contribution >= 4 is 69.1 Å². The quantitative estimate of drug-likeness (QED) is 0.345. The van der Waals surface area contributed by atoms with Crippen LogP contribution in [0.4, 0.5) is 4.79 Å². The Labute approximate surface area is 198 Å². The van der Waals surface area contributed by atoms with Crippen molar-refractivity contribution in [2.45, 2.75) is 19.5 Å². The molecule has 0 spiro atoms. The Bertz CT molecular complexity index is 1280. The summed E-state index contributed by atoms with van der Waals surface area (Å²) in [5.41, 5.74) is 2.63. The molecule has 0 saturated carbocycles. The van der Waals surface area contributed by atoms with Gasteiger partial charge in [-0.15, -0.1) is 0 Å². The molecule has 32 heavy (non-hydrogen) atoms. The van der Waals surface area contributed by atoms with Gasteiger partial charge in [-0.2, -0.15) is 0 Å². The molecule has 1 fully saturated rings. The van der Waals surface area contributed by atoms with E-state index >= 15 is 0 Å². The van der Waals surface area contributed by atoms with E-state index in [1.165, 1.54) is 14.0 Å². The van der Waals surface area contributed by atoms with E-state index in [0.717, 1.165) is 38.7 Å². The number of imide groups is 1. The smallest absolute Gasteiger partial charge is 0.328 e. The number of hydrogen-bond acceptors (Lipinski definition) is 5. The van der Waals surface area contributed by atoms with Gasteiger partial charge in [0.25, 0.3) is 11.1 Å². The average Bonchev–Trinajstić information content (AvgIpc) is 3.25. The van der Waals surface area contributed by atoms with Crippen LogP contribution in [0.15, 0.2) is 53.6 Å². The summed E-state index contributed by atoms with van der Waals surface area (Å²) in [5.74, 6) is -1.17. The largest absolute Gasteiger partial charge is 0.467 e. The average molecular weight is 489 g/mol. The highest BCUT2D eigenvalue weighted by Crippen LogP contribution is 2.35. The van der Waals surface area contributed by atoms with Crippen LogP contribution in [-0.2, 0) is 20.9 Å². The van der Waals surface area contributed by atoms with Crippen LogP contribution in [0.5, 0.6) is 0 Å². The minimum absolute atomic E-state index is 0.248. The summed E-state index contributed by atoms with van der Waals surface area (Å²) in [5, 5.41) is 1.55. The summed E-state index contributed by atoms with van der Waals surface area (Å²) in [6, 6.07) is 12.1. The van der Waals surface area contributed by atoms with Gasteiger partial charge in [0.05, 0.1) is 12.0 Å². The maximum atomic E-state index is 12.9. The van der Waals surface area contributed by atoms with Crippen molar-refractivity contribution in [3.05, 3.63) is 74.7 Å². The minimum Gasteiger partial charge on any atom is -0.467 e. The fraction of sp³-hybridized carbons (Fsp3) is 0.174. The topological polar surface area (TPSA) is 68.6 Å². The molecule has 4 rings (SSSR count). The normalized spacial score (nSPS) is 16.2. The first-order valence-electron chi connectivity index (χ1n) is 9.67. The molecule has 1 atom stereocenters. The fourth-order valence-corrected chi connectivity index (χ4v) is 4.95. The number of carbonyl (C=O) groups excluding carboxylic acids is 3. The van der Waals surface area contributed by atoms with E-state index in [-0.39, 0.29) is 4.91 Å². The molecule has 9 heteroatoms. The Hall–Kier alpha value is -2.74. The van der Waals surface area contributed by atoms with Crippen LogP contribution in [0, 0.1) is 0 Å². The number of thioether (sulfide) groups is 1. The highest BCUT2D eigenvalue weighted by Gasteiger charge is 2.41. The number of amides is 2. The van der Waals surface area contributed by atoms with Crippen molar-refractivity contribution in [2.24, 2.45) is 0 Å². The molecular weight excluding hydrogens is 471 g/mol. The van der Waals surface area contributed by atoms with Gasteiger partial charge < -0.3 is 9.30 Å². The molecule has 0 aliphatic carbocycles. The molecule has 1 saturated heterocycles. The Balaban J connectivity index is 1.71. The maximum absolute atomic E-state index is 12.9. The van der Waals surface area contributed by atoms with Crippen molar-refractivity contribution in [1.29, 1.82) is 0 Å². The molecule has 1 aliphatic heterocycles. The predicted molar refractivity (Wildman–Crippen MR) is 127 cm³/mol. The molecular formula is C23H18Cl2N2O4S. The van der Waals surface area contributed by atoms with Crippen LogP contribution >= 0.6 is 35.0 Å². The standard InChI is InChI=1S/C23H18Cl2N2O4S/c1-13(22(29)31-2)27-21(28)20(32-23(27)30)9-15-12-26(19-6-4-3-5-17(15)19)11-14-7-8-16(24)10-18(14)25/h3-10,12-13H,11H2,1-2H3/b20-9+/t13-/m1/s1. The number of ether oxygens (including phenoxy) is 1. The van der Waals surface area contributed by atoms with Gasteiger partial charge >= 0.3 is 5.97 Å². The zero-order valence-corrected chi connectivity index (χ0v) is 19.5. The van der Waals surface area contributed by atoms with E-state index < -0.39 is 23.2 Å². The molecule has 2 heterocycles. The summed E-state index contributed by atoms with van der Waals surface area (Å²) < 4.78 is 6.70. The van der Waals surface area contributed by atoms with Crippen molar-refractivity contribution in [3.8, 4) is 0 Å². The molecule has 164 valence electrons. The third-order valence-electron chi connectivity index (χ3n) is 5.21. The number of halogens is 2. The molecule has 0 unspecified atom stereocenters. The minimum atomic E-state index is -0.994. The molecule has 1 aliphatic rings. The van der Waals surface area contributed by atoms with Gasteiger partial charge in [0.15, 0.2) is 0 Å². The van der Waals surface area contributed by atoms with Crippen LogP contribution in [0.1, 0.15) is 18.1 Å².